The van der Waals surface area contributed by atoms with E-state index >= 15 is 0 Å². The van der Waals surface area contributed by atoms with E-state index in [-0.39, 0.29) is 17.3 Å². The van der Waals surface area contributed by atoms with E-state index in [1.165, 1.54) is 18.5 Å². The molecule has 8 heteroatoms. The maximum absolute atomic E-state index is 8.59. The molecule has 5 heterocycles. The summed E-state index contributed by atoms with van der Waals surface area (Å²) in [5.41, 5.74) is 2.76. The van der Waals surface area contributed by atoms with Crippen LogP contribution in [0.5, 0.6) is 0 Å². The topological polar surface area (TPSA) is 67.3 Å². The molecule has 0 N–H and O–H groups in total. The van der Waals surface area contributed by atoms with Gasteiger partial charge in [0, 0.05) is 49.7 Å². The van der Waals surface area contributed by atoms with Crippen LogP contribution < -0.4 is 9.80 Å². The molecule has 0 aromatic carbocycles. The molecule has 8 nitrogen and oxygen atoms in total. The van der Waals surface area contributed by atoms with Gasteiger partial charge in [-0.25, -0.2) is 4.68 Å². The van der Waals surface area contributed by atoms with E-state index in [2.05, 4.69) is 25.1 Å². The lowest BCUT2D eigenvalue weighted by molar-refractivity contribution is 0.541. The van der Waals surface area contributed by atoms with Crippen LogP contribution in [0.2, 0.25) is 0 Å². The number of aromatic nitrogens is 5. The van der Waals surface area contributed by atoms with Crippen LogP contribution in [-0.2, 0) is 19.5 Å². The van der Waals surface area contributed by atoms with Gasteiger partial charge < -0.3 is 14.6 Å². The lowest BCUT2D eigenvalue weighted by atomic mass is 10.0. The van der Waals surface area contributed by atoms with Crippen molar-refractivity contribution in [1.29, 1.82) is 0 Å². The molecule has 3 aromatic heterocycles. The Bertz CT molecular complexity index is 1330. The van der Waals surface area contributed by atoms with Crippen LogP contribution in [-0.4, -0.2) is 38.0 Å². The molecule has 0 spiro atoms. The molecule has 0 radical (unpaired) electrons. The predicted octanol–water partition coefficient (Wildman–Crippen LogP) is 3.03. The highest BCUT2D eigenvalue weighted by atomic mass is 15.4. The summed E-state index contributed by atoms with van der Waals surface area (Å²) in [5, 5.41) is 12.1. The summed E-state index contributed by atoms with van der Waals surface area (Å²) in [6.45, 7) is 4.61. The van der Waals surface area contributed by atoms with Gasteiger partial charge in [0.15, 0.2) is 5.82 Å². The summed E-state index contributed by atoms with van der Waals surface area (Å²) < 4.78 is 51.1. The zero-order valence-corrected chi connectivity index (χ0v) is 15.1. The largest absolute Gasteiger partial charge is 0.359 e. The van der Waals surface area contributed by atoms with Crippen molar-refractivity contribution in [3.63, 3.8) is 0 Å². The Balaban J connectivity index is 1.56. The monoisotopic (exact) mass is 378 g/mol. The van der Waals surface area contributed by atoms with Gasteiger partial charge in [0.25, 0.3) is 5.82 Å². The number of anilines is 3. The molecule has 0 atom stereocenters. The van der Waals surface area contributed by atoms with Gasteiger partial charge in [-0.15, -0.1) is 0 Å². The van der Waals surface area contributed by atoms with E-state index < -0.39 is 19.4 Å². The Morgan fingerprint density at radius 1 is 1.25 bits per heavy atom. The van der Waals surface area contributed by atoms with Crippen LogP contribution in [0, 0.1) is 13.5 Å². The van der Waals surface area contributed by atoms with Gasteiger partial charge in [-0.05, 0) is 46.8 Å². The number of rotatable bonds is 2. The molecule has 0 fully saturated rings. The normalized spacial score (nSPS) is 24.3. The molecule has 0 saturated carbocycles. The highest BCUT2D eigenvalue weighted by molar-refractivity contribution is 5.62. The standard InChI is InChI=1S/C20H20N8/c1-14-10-18(21-2)24-25-20(14)26-9-5-17-15(13-26)11-16(12-22-17)27-7-3-8-28-19(27)4-6-23-28/h4,6,10-12H,3,5,7-9,13H2,1H3/i3D2,7D2,8D2. The van der Waals surface area contributed by atoms with Gasteiger partial charge in [0.1, 0.15) is 5.82 Å². The zero-order chi connectivity index (χ0) is 24.5. The van der Waals surface area contributed by atoms with Crippen LogP contribution in [0.25, 0.3) is 4.85 Å². The summed E-state index contributed by atoms with van der Waals surface area (Å²) in [4.78, 5) is 11.0. The molecule has 3 aromatic rings. The summed E-state index contributed by atoms with van der Waals surface area (Å²) in [7, 11) is 0. The van der Waals surface area contributed by atoms with Gasteiger partial charge in [-0.1, -0.05) is 6.57 Å². The molecule has 0 unspecified atom stereocenters. The Hall–Kier alpha value is -3.47. The Morgan fingerprint density at radius 2 is 2.18 bits per heavy atom. The van der Waals surface area contributed by atoms with Gasteiger partial charge in [-0.2, -0.15) is 5.10 Å². The summed E-state index contributed by atoms with van der Waals surface area (Å²) in [5.74, 6) is 0.969. The summed E-state index contributed by atoms with van der Waals surface area (Å²) in [6.07, 6.45) is 0.503. The van der Waals surface area contributed by atoms with Crippen LogP contribution in [0.3, 0.4) is 0 Å². The number of hydrogen-bond donors (Lipinski definition) is 0. The molecule has 0 aliphatic carbocycles. The van der Waals surface area contributed by atoms with Crippen LogP contribution in [0.15, 0.2) is 30.6 Å². The Kier molecular flexibility index (Phi) is 2.69. The average molecular weight is 378 g/mol. The number of pyridine rings is 1. The number of hydrogen-bond acceptors (Lipinski definition) is 6. The van der Waals surface area contributed by atoms with E-state index in [0.29, 0.717) is 25.3 Å². The predicted molar refractivity (Wildman–Crippen MR) is 106 cm³/mol. The second-order valence-electron chi connectivity index (χ2n) is 6.58. The van der Waals surface area contributed by atoms with Crippen molar-refractivity contribution in [2.45, 2.75) is 32.8 Å². The van der Waals surface area contributed by atoms with Crippen molar-refractivity contribution in [2.75, 3.05) is 22.8 Å². The van der Waals surface area contributed by atoms with Crippen molar-refractivity contribution in [3.8, 4) is 0 Å². The first kappa shape index (κ1) is 11.4. The fourth-order valence-corrected chi connectivity index (χ4v) is 3.49. The molecule has 2 aliphatic rings. The fourth-order valence-electron chi connectivity index (χ4n) is 3.49. The maximum atomic E-state index is 8.59. The Morgan fingerprint density at radius 3 is 3.04 bits per heavy atom. The molecular weight excluding hydrogens is 352 g/mol. The first-order valence-corrected chi connectivity index (χ1v) is 8.78. The maximum Gasteiger partial charge on any atom is 0.296 e. The second-order valence-corrected chi connectivity index (χ2v) is 6.58. The van der Waals surface area contributed by atoms with Crippen LogP contribution >= 0.6 is 0 Å². The van der Waals surface area contributed by atoms with Crippen LogP contribution in [0.4, 0.5) is 23.1 Å². The van der Waals surface area contributed by atoms with Crippen molar-refractivity contribution in [1.82, 2.24) is 25.0 Å². The molecule has 0 amide bonds. The van der Waals surface area contributed by atoms with E-state index in [9.17, 15) is 0 Å². The third-order valence-electron chi connectivity index (χ3n) is 4.82. The average Bonchev–Trinajstić information content (AvgIpc) is 3.27. The van der Waals surface area contributed by atoms with E-state index in [1.54, 1.807) is 12.1 Å². The minimum absolute atomic E-state index is 0.0935. The quantitative estimate of drug-likeness (QED) is 0.639. The number of aryl methyl sites for hydroxylation is 2. The number of nitrogens with zero attached hydrogens (tertiary/aromatic N) is 8. The van der Waals surface area contributed by atoms with Gasteiger partial charge >= 0.3 is 0 Å². The van der Waals surface area contributed by atoms with Gasteiger partial charge in [0.05, 0.1) is 20.8 Å². The summed E-state index contributed by atoms with van der Waals surface area (Å²) in [6, 6.07) is 4.88. The highest BCUT2D eigenvalue weighted by Crippen LogP contribution is 2.32. The smallest absolute Gasteiger partial charge is 0.296 e. The Labute approximate surface area is 171 Å². The zero-order valence-electron chi connectivity index (χ0n) is 21.1. The van der Waals surface area contributed by atoms with E-state index in [4.69, 9.17) is 14.8 Å². The van der Waals surface area contributed by atoms with E-state index in [0.717, 1.165) is 26.4 Å². The molecular formula is C20H20N8. The van der Waals surface area contributed by atoms with Crippen molar-refractivity contribution >= 4 is 23.1 Å². The molecule has 5 rings (SSSR count). The summed E-state index contributed by atoms with van der Waals surface area (Å²) >= 11 is 0. The van der Waals surface area contributed by atoms with Gasteiger partial charge in [0.2, 0.25) is 0 Å². The van der Waals surface area contributed by atoms with E-state index in [1.807, 2.05) is 11.8 Å². The highest BCUT2D eigenvalue weighted by Gasteiger charge is 2.24. The second kappa shape index (κ2) is 6.60. The first-order chi connectivity index (χ1) is 16.0. The molecule has 140 valence electrons. The third kappa shape index (κ3) is 2.76. The van der Waals surface area contributed by atoms with Crippen molar-refractivity contribution in [2.24, 2.45) is 0 Å². The van der Waals surface area contributed by atoms with Crippen molar-refractivity contribution < 1.29 is 8.22 Å². The molecule has 28 heavy (non-hydrogen) atoms. The van der Waals surface area contributed by atoms with Crippen molar-refractivity contribution in [3.05, 3.63) is 58.8 Å². The lowest BCUT2D eigenvalue weighted by Gasteiger charge is -2.32. The fraction of sp³-hybridized carbons (Fsp3) is 0.350. The van der Waals surface area contributed by atoms with Gasteiger partial charge in [-0.3, -0.25) is 4.98 Å². The minimum atomic E-state index is -2.92. The molecule has 2 aliphatic heterocycles. The lowest BCUT2D eigenvalue weighted by Crippen LogP contribution is -2.33. The minimum Gasteiger partial charge on any atom is -0.359 e. The van der Waals surface area contributed by atoms with Crippen LogP contribution in [0.1, 0.15) is 31.4 Å². The number of fused-ring (bicyclic) bond motifs is 2. The molecule has 0 bridgehead atoms. The third-order valence-corrected chi connectivity index (χ3v) is 4.82. The molecule has 0 saturated heterocycles. The first-order valence-electron chi connectivity index (χ1n) is 11.8. The SMILES string of the molecule is [2H]C1([2H])N(c2cnc3c(c2)CN(c2nnc([N+]#[C-])cc2C)CC3)c2ccnn2C([2H])([2H])C1([2H])[2H].